The van der Waals surface area contributed by atoms with E-state index < -0.39 is 0 Å². The van der Waals surface area contributed by atoms with Crippen LogP contribution in [0.1, 0.15) is 36.0 Å². The number of benzene rings is 1. The van der Waals surface area contributed by atoms with Crippen LogP contribution in [0.25, 0.3) is 0 Å². The summed E-state index contributed by atoms with van der Waals surface area (Å²) in [7, 11) is 0. The van der Waals surface area contributed by atoms with E-state index in [1.54, 1.807) is 11.1 Å². The van der Waals surface area contributed by atoms with Gasteiger partial charge in [-0.3, -0.25) is 4.90 Å². The summed E-state index contributed by atoms with van der Waals surface area (Å²) in [6.07, 6.45) is 5.61. The highest BCUT2D eigenvalue weighted by atomic mass is 16.5. The summed E-state index contributed by atoms with van der Waals surface area (Å²) >= 11 is 0. The molecule has 2 heterocycles. The van der Waals surface area contributed by atoms with Crippen molar-refractivity contribution >= 4 is 0 Å². The van der Waals surface area contributed by atoms with Crippen LogP contribution >= 0.6 is 0 Å². The Morgan fingerprint density at radius 2 is 2.30 bits per heavy atom. The molecule has 0 radical (unpaired) electrons. The molecule has 0 aromatic heterocycles. The average Bonchev–Trinajstić information content (AvgIpc) is 2.97. The molecular formula is C17H24N2O. The van der Waals surface area contributed by atoms with Crippen LogP contribution in [0.5, 0.6) is 0 Å². The number of hydrogen-bond acceptors (Lipinski definition) is 3. The van der Waals surface area contributed by atoms with Gasteiger partial charge >= 0.3 is 0 Å². The lowest BCUT2D eigenvalue weighted by molar-refractivity contribution is -0.0589. The van der Waals surface area contributed by atoms with Gasteiger partial charge in [0.05, 0.1) is 12.7 Å². The van der Waals surface area contributed by atoms with Crippen molar-refractivity contribution in [3.8, 4) is 0 Å². The largest absolute Gasteiger partial charge is 0.375 e. The van der Waals surface area contributed by atoms with Gasteiger partial charge in [0.25, 0.3) is 0 Å². The van der Waals surface area contributed by atoms with Crippen molar-refractivity contribution < 1.29 is 4.74 Å². The Hall–Kier alpha value is -0.900. The van der Waals surface area contributed by atoms with E-state index in [9.17, 15) is 0 Å². The molecule has 3 nitrogen and oxygen atoms in total. The molecule has 3 heteroatoms. The van der Waals surface area contributed by atoms with Crippen molar-refractivity contribution in [3.63, 3.8) is 0 Å². The van der Waals surface area contributed by atoms with Gasteiger partial charge in [-0.25, -0.2) is 0 Å². The summed E-state index contributed by atoms with van der Waals surface area (Å²) < 4.78 is 5.93. The van der Waals surface area contributed by atoms with E-state index in [0.717, 1.165) is 32.8 Å². The number of nitrogens with one attached hydrogen (secondary N) is 1. The Bertz CT molecular complexity index is 488. The second kappa shape index (κ2) is 5.47. The average molecular weight is 272 g/mol. The Morgan fingerprint density at radius 1 is 1.30 bits per heavy atom. The fourth-order valence-electron chi connectivity index (χ4n) is 4.18. The van der Waals surface area contributed by atoms with Gasteiger partial charge in [0.2, 0.25) is 0 Å². The predicted molar refractivity (Wildman–Crippen MR) is 79.6 cm³/mol. The minimum Gasteiger partial charge on any atom is -0.375 e. The monoisotopic (exact) mass is 272 g/mol. The maximum Gasteiger partial charge on any atom is 0.0731 e. The van der Waals surface area contributed by atoms with Crippen molar-refractivity contribution in [2.75, 3.05) is 19.7 Å². The van der Waals surface area contributed by atoms with Crippen molar-refractivity contribution in [1.29, 1.82) is 0 Å². The van der Waals surface area contributed by atoms with Crippen LogP contribution in [0, 0.1) is 0 Å². The smallest absolute Gasteiger partial charge is 0.0731 e. The lowest BCUT2D eigenvalue weighted by Crippen LogP contribution is -2.48. The molecule has 1 aromatic rings. The second-order valence-corrected chi connectivity index (χ2v) is 6.36. The van der Waals surface area contributed by atoms with Gasteiger partial charge in [0.15, 0.2) is 0 Å². The third kappa shape index (κ3) is 2.28. The minimum atomic E-state index is 0.505. The van der Waals surface area contributed by atoms with Crippen LogP contribution in [0.15, 0.2) is 18.2 Å². The molecule has 1 N–H and O–H groups in total. The van der Waals surface area contributed by atoms with E-state index in [1.165, 1.54) is 31.2 Å². The minimum absolute atomic E-state index is 0.505. The third-order valence-corrected chi connectivity index (χ3v) is 5.21. The van der Waals surface area contributed by atoms with E-state index in [0.29, 0.717) is 12.1 Å². The Morgan fingerprint density at radius 3 is 3.30 bits per heavy atom. The standard InChI is InChI=1S/C17H24N2O/c1-3-13-11-18-8-7-15(13)14(4-1)12-19-9-10-20-17-6-2-5-16(17)19/h1,3-4,16-18H,2,5-12H2. The van der Waals surface area contributed by atoms with Crippen molar-refractivity contribution in [1.82, 2.24) is 10.2 Å². The molecule has 1 aromatic carbocycles. The van der Waals surface area contributed by atoms with Crippen LogP contribution in [0.3, 0.4) is 0 Å². The third-order valence-electron chi connectivity index (χ3n) is 5.21. The van der Waals surface area contributed by atoms with E-state index >= 15 is 0 Å². The molecule has 2 aliphatic heterocycles. The first-order valence-electron chi connectivity index (χ1n) is 8.08. The zero-order valence-corrected chi connectivity index (χ0v) is 12.1. The topological polar surface area (TPSA) is 24.5 Å². The number of morpholine rings is 1. The summed E-state index contributed by atoms with van der Waals surface area (Å²) in [5.74, 6) is 0. The van der Waals surface area contributed by atoms with E-state index in [2.05, 4.69) is 28.4 Å². The molecule has 0 spiro atoms. The maximum atomic E-state index is 5.93. The van der Waals surface area contributed by atoms with Gasteiger partial charge < -0.3 is 10.1 Å². The van der Waals surface area contributed by atoms with E-state index in [-0.39, 0.29) is 0 Å². The molecule has 1 saturated heterocycles. The number of nitrogens with zero attached hydrogens (tertiary/aromatic N) is 1. The molecule has 1 aliphatic carbocycles. The van der Waals surface area contributed by atoms with Gasteiger partial charge in [-0.05, 0) is 48.9 Å². The molecule has 0 amide bonds. The molecule has 20 heavy (non-hydrogen) atoms. The normalized spacial score (nSPS) is 30.0. The molecule has 3 aliphatic rings. The van der Waals surface area contributed by atoms with E-state index in [4.69, 9.17) is 4.74 Å². The molecule has 2 fully saturated rings. The molecule has 4 rings (SSSR count). The van der Waals surface area contributed by atoms with Crippen LogP contribution in [0.2, 0.25) is 0 Å². The SMILES string of the molecule is c1cc2c(c(CN3CCOC4CCCC43)c1)CCNC2. The van der Waals surface area contributed by atoms with Gasteiger partial charge in [0.1, 0.15) is 0 Å². The quantitative estimate of drug-likeness (QED) is 0.892. The van der Waals surface area contributed by atoms with Gasteiger partial charge in [-0.2, -0.15) is 0 Å². The first-order chi connectivity index (χ1) is 9.92. The lowest BCUT2D eigenvalue weighted by Gasteiger charge is -2.38. The maximum absolute atomic E-state index is 5.93. The summed E-state index contributed by atoms with van der Waals surface area (Å²) in [5, 5.41) is 3.48. The molecular weight excluding hydrogens is 248 g/mol. The fraction of sp³-hybridized carbons (Fsp3) is 0.647. The summed E-state index contributed by atoms with van der Waals surface area (Å²) in [5.41, 5.74) is 4.66. The van der Waals surface area contributed by atoms with Gasteiger partial charge in [0, 0.05) is 25.7 Å². The Kier molecular flexibility index (Phi) is 3.51. The van der Waals surface area contributed by atoms with Crippen LogP contribution in [0.4, 0.5) is 0 Å². The number of ether oxygens (including phenoxy) is 1. The lowest BCUT2D eigenvalue weighted by atomic mass is 9.94. The Balaban J connectivity index is 1.56. The highest BCUT2D eigenvalue weighted by molar-refractivity contribution is 5.37. The highest BCUT2D eigenvalue weighted by Gasteiger charge is 2.36. The van der Waals surface area contributed by atoms with Crippen LogP contribution < -0.4 is 5.32 Å². The highest BCUT2D eigenvalue weighted by Crippen LogP contribution is 2.31. The first-order valence-corrected chi connectivity index (χ1v) is 8.08. The molecule has 1 saturated carbocycles. The summed E-state index contributed by atoms with van der Waals surface area (Å²) in [6.45, 7) is 5.30. The Labute approximate surface area is 121 Å². The number of hydrogen-bond donors (Lipinski definition) is 1. The van der Waals surface area contributed by atoms with Crippen LogP contribution in [-0.4, -0.2) is 36.7 Å². The number of rotatable bonds is 2. The summed E-state index contributed by atoms with van der Waals surface area (Å²) in [4.78, 5) is 2.68. The molecule has 0 bridgehead atoms. The molecule has 2 atom stereocenters. The van der Waals surface area contributed by atoms with Crippen molar-refractivity contribution in [3.05, 3.63) is 34.9 Å². The fourth-order valence-corrected chi connectivity index (χ4v) is 4.18. The van der Waals surface area contributed by atoms with Crippen molar-refractivity contribution in [2.45, 2.75) is 50.9 Å². The summed E-state index contributed by atoms with van der Waals surface area (Å²) in [6, 6.07) is 7.52. The number of fused-ring (bicyclic) bond motifs is 2. The predicted octanol–water partition coefficient (Wildman–Crippen LogP) is 2.09. The van der Waals surface area contributed by atoms with Gasteiger partial charge in [-0.1, -0.05) is 18.2 Å². The molecule has 2 unspecified atom stereocenters. The zero-order chi connectivity index (χ0) is 13.4. The van der Waals surface area contributed by atoms with E-state index in [1.807, 2.05) is 0 Å². The van der Waals surface area contributed by atoms with Crippen LogP contribution in [-0.2, 0) is 24.2 Å². The van der Waals surface area contributed by atoms with Gasteiger partial charge in [-0.15, -0.1) is 0 Å². The van der Waals surface area contributed by atoms with Crippen molar-refractivity contribution in [2.24, 2.45) is 0 Å². The zero-order valence-electron chi connectivity index (χ0n) is 12.1. The second-order valence-electron chi connectivity index (χ2n) is 6.36. The first kappa shape index (κ1) is 12.8. The molecule has 108 valence electrons.